The maximum absolute atomic E-state index is 9.74. The van der Waals surface area contributed by atoms with Gasteiger partial charge in [0.05, 0.1) is 30.5 Å². The summed E-state index contributed by atoms with van der Waals surface area (Å²) in [5.74, 6) is 1.03. The zero-order chi connectivity index (χ0) is 25.2. The van der Waals surface area contributed by atoms with Gasteiger partial charge in [0.1, 0.15) is 12.4 Å². The third-order valence-corrected chi connectivity index (χ3v) is 7.64. The van der Waals surface area contributed by atoms with Gasteiger partial charge in [-0.05, 0) is 61.7 Å². The Bertz CT molecular complexity index is 1300. The Balaban J connectivity index is 1.15. The number of nitriles is 1. The van der Waals surface area contributed by atoms with Crippen molar-refractivity contribution >= 4 is 23.0 Å². The van der Waals surface area contributed by atoms with Gasteiger partial charge in [0.2, 0.25) is 5.95 Å². The highest BCUT2D eigenvalue weighted by Crippen LogP contribution is 2.29. The summed E-state index contributed by atoms with van der Waals surface area (Å²) >= 11 is 0. The van der Waals surface area contributed by atoms with Gasteiger partial charge < -0.3 is 19.9 Å². The predicted molar refractivity (Wildman–Crippen MR) is 144 cm³/mol. The van der Waals surface area contributed by atoms with Crippen molar-refractivity contribution in [2.75, 3.05) is 67.6 Å². The summed E-state index contributed by atoms with van der Waals surface area (Å²) < 4.78 is 5.36. The summed E-state index contributed by atoms with van der Waals surface area (Å²) in [6.45, 7) is 10.1. The summed E-state index contributed by atoms with van der Waals surface area (Å²) in [7, 11) is 0. The van der Waals surface area contributed by atoms with Crippen LogP contribution in [0, 0.1) is 18.3 Å². The number of aromatic nitrogens is 3. The summed E-state index contributed by atoms with van der Waals surface area (Å²) in [5.41, 5.74) is 5.88. The molecule has 37 heavy (non-hydrogen) atoms. The van der Waals surface area contributed by atoms with E-state index >= 15 is 0 Å². The van der Waals surface area contributed by atoms with Gasteiger partial charge in [0.15, 0.2) is 5.82 Å². The molecule has 1 N–H and O–H groups in total. The van der Waals surface area contributed by atoms with E-state index in [1.54, 1.807) is 0 Å². The Morgan fingerprint density at radius 3 is 2.38 bits per heavy atom. The van der Waals surface area contributed by atoms with E-state index in [0.29, 0.717) is 23.4 Å². The van der Waals surface area contributed by atoms with Crippen molar-refractivity contribution in [3.05, 3.63) is 53.9 Å². The van der Waals surface area contributed by atoms with Gasteiger partial charge in [-0.25, -0.2) is 9.97 Å². The lowest BCUT2D eigenvalue weighted by atomic mass is 10.1. The van der Waals surface area contributed by atoms with E-state index in [-0.39, 0.29) is 0 Å². The number of benzene rings is 2. The first-order valence-corrected chi connectivity index (χ1v) is 13.1. The Morgan fingerprint density at radius 1 is 0.919 bits per heavy atom. The summed E-state index contributed by atoms with van der Waals surface area (Å²) in [6, 6.07) is 15.2. The van der Waals surface area contributed by atoms with Gasteiger partial charge in [-0.2, -0.15) is 10.2 Å². The van der Waals surface area contributed by atoms with Crippen LogP contribution in [0.3, 0.4) is 0 Å². The van der Waals surface area contributed by atoms with Crippen LogP contribution in [0.4, 0.5) is 23.0 Å². The first-order chi connectivity index (χ1) is 18.2. The minimum atomic E-state index is 0.482. The summed E-state index contributed by atoms with van der Waals surface area (Å²) in [5, 5.41) is 13.1. The first kappa shape index (κ1) is 23.6. The second-order valence-electron chi connectivity index (χ2n) is 10.0. The highest BCUT2D eigenvalue weighted by Gasteiger charge is 2.29. The molecule has 0 saturated carbocycles. The smallest absolute Gasteiger partial charge is 0.230 e. The van der Waals surface area contributed by atoms with Gasteiger partial charge in [0.25, 0.3) is 0 Å². The van der Waals surface area contributed by atoms with Crippen molar-refractivity contribution in [1.82, 2.24) is 19.9 Å². The van der Waals surface area contributed by atoms with Crippen LogP contribution in [0.15, 0.2) is 42.7 Å². The number of hydrogen-bond acceptors (Lipinski definition) is 9. The van der Waals surface area contributed by atoms with Crippen molar-refractivity contribution in [2.45, 2.75) is 25.8 Å². The van der Waals surface area contributed by atoms with E-state index in [2.05, 4.69) is 66.2 Å². The lowest BCUT2D eigenvalue weighted by Gasteiger charge is -2.43. The molecule has 0 spiro atoms. The average molecular weight is 497 g/mol. The number of ether oxygens (including phenoxy) is 1. The number of hydrogen-bond donors (Lipinski definition) is 1. The molecule has 3 saturated heterocycles. The molecule has 0 radical (unpaired) electrons. The van der Waals surface area contributed by atoms with Crippen molar-refractivity contribution in [3.8, 4) is 17.5 Å². The molecule has 9 nitrogen and oxygen atoms in total. The standard InChI is InChI=1S/C28H32N8O/c1-20-14-23(5-7-25(20)36-12-10-34(11-13-36)24-17-37-18-24)32-28-31-19-30-27(33-28)21-4-6-26(22(15-21)16-29)35-8-2-3-9-35/h4-7,14-15,19,24H,2-3,8-13,17-18H2,1H3,(H,30,31,32,33). The van der Waals surface area contributed by atoms with E-state index in [1.165, 1.54) is 30.4 Å². The minimum absolute atomic E-state index is 0.482. The number of aryl methyl sites for hydroxylation is 1. The minimum Gasteiger partial charge on any atom is -0.378 e. The van der Waals surface area contributed by atoms with Crippen LogP contribution in [-0.4, -0.2) is 78.4 Å². The first-order valence-electron chi connectivity index (χ1n) is 13.1. The van der Waals surface area contributed by atoms with Crippen molar-refractivity contribution in [2.24, 2.45) is 0 Å². The highest BCUT2D eigenvalue weighted by atomic mass is 16.5. The van der Waals surface area contributed by atoms with Crippen LogP contribution < -0.4 is 15.1 Å². The number of piperazine rings is 1. The van der Waals surface area contributed by atoms with Crippen LogP contribution in [0.5, 0.6) is 0 Å². The Hall–Kier alpha value is -3.74. The fourth-order valence-corrected chi connectivity index (χ4v) is 5.47. The Morgan fingerprint density at radius 2 is 1.68 bits per heavy atom. The third-order valence-electron chi connectivity index (χ3n) is 7.64. The molecule has 0 bridgehead atoms. The molecule has 4 heterocycles. The number of nitrogens with one attached hydrogen (secondary N) is 1. The molecular weight excluding hydrogens is 464 g/mol. The second kappa shape index (κ2) is 10.3. The molecule has 0 amide bonds. The van der Waals surface area contributed by atoms with Crippen LogP contribution in [0.25, 0.3) is 11.4 Å². The molecule has 2 aromatic carbocycles. The van der Waals surface area contributed by atoms with Crippen molar-refractivity contribution in [1.29, 1.82) is 5.26 Å². The van der Waals surface area contributed by atoms with E-state index in [4.69, 9.17) is 4.74 Å². The molecule has 3 aromatic rings. The van der Waals surface area contributed by atoms with Gasteiger partial charge in [-0.1, -0.05) is 0 Å². The summed E-state index contributed by atoms with van der Waals surface area (Å²) in [6.07, 6.45) is 3.85. The lowest BCUT2D eigenvalue weighted by Crippen LogP contribution is -2.56. The molecule has 0 unspecified atom stereocenters. The summed E-state index contributed by atoms with van der Waals surface area (Å²) in [4.78, 5) is 20.6. The van der Waals surface area contributed by atoms with Crippen LogP contribution >= 0.6 is 0 Å². The molecular formula is C28H32N8O. The van der Waals surface area contributed by atoms with Gasteiger partial charge in [0, 0.05) is 56.2 Å². The third kappa shape index (κ3) is 4.95. The largest absolute Gasteiger partial charge is 0.378 e. The van der Waals surface area contributed by atoms with Gasteiger partial charge in [-0.15, -0.1) is 0 Å². The fourth-order valence-electron chi connectivity index (χ4n) is 5.47. The fraction of sp³-hybridized carbons (Fsp3) is 0.429. The van der Waals surface area contributed by atoms with Crippen LogP contribution in [0.2, 0.25) is 0 Å². The monoisotopic (exact) mass is 496 g/mol. The zero-order valence-electron chi connectivity index (χ0n) is 21.2. The molecule has 190 valence electrons. The molecule has 0 aliphatic carbocycles. The van der Waals surface area contributed by atoms with E-state index in [1.807, 2.05) is 18.2 Å². The zero-order valence-corrected chi connectivity index (χ0v) is 21.2. The lowest BCUT2D eigenvalue weighted by molar-refractivity contribution is -0.0660. The van der Waals surface area contributed by atoms with Crippen molar-refractivity contribution < 1.29 is 4.74 Å². The molecule has 3 aliphatic heterocycles. The second-order valence-corrected chi connectivity index (χ2v) is 10.0. The molecule has 0 atom stereocenters. The molecule has 9 heteroatoms. The topological polar surface area (TPSA) is 93.4 Å². The van der Waals surface area contributed by atoms with E-state index in [0.717, 1.165) is 69.4 Å². The van der Waals surface area contributed by atoms with Gasteiger partial charge in [-0.3, -0.25) is 4.90 Å². The Labute approximate surface area is 217 Å². The number of anilines is 4. The number of rotatable bonds is 6. The number of nitrogens with zero attached hydrogens (tertiary/aromatic N) is 7. The molecule has 3 fully saturated rings. The normalized spacial score (nSPS) is 18.5. The molecule has 6 rings (SSSR count). The maximum Gasteiger partial charge on any atom is 0.230 e. The van der Waals surface area contributed by atoms with Crippen molar-refractivity contribution in [3.63, 3.8) is 0 Å². The Kier molecular flexibility index (Phi) is 6.60. The van der Waals surface area contributed by atoms with E-state index in [9.17, 15) is 5.26 Å². The predicted octanol–water partition coefficient (Wildman–Crippen LogP) is 3.58. The average Bonchev–Trinajstić information content (AvgIpc) is 3.43. The SMILES string of the molecule is Cc1cc(Nc2ncnc(-c3ccc(N4CCCC4)c(C#N)c3)n2)ccc1N1CCN(C2COC2)CC1. The maximum atomic E-state index is 9.74. The quantitative estimate of drug-likeness (QED) is 0.549. The molecule has 3 aliphatic rings. The highest BCUT2D eigenvalue weighted by molar-refractivity contribution is 5.69. The van der Waals surface area contributed by atoms with Crippen LogP contribution in [-0.2, 0) is 4.74 Å². The molecule has 1 aromatic heterocycles. The van der Waals surface area contributed by atoms with Gasteiger partial charge >= 0.3 is 0 Å². The van der Waals surface area contributed by atoms with E-state index < -0.39 is 0 Å². The van der Waals surface area contributed by atoms with Crippen LogP contribution in [0.1, 0.15) is 24.0 Å².